The fourth-order valence-electron chi connectivity index (χ4n) is 1.69. The van der Waals surface area contributed by atoms with Crippen molar-refractivity contribution in [1.82, 2.24) is 5.32 Å². The van der Waals surface area contributed by atoms with Crippen molar-refractivity contribution in [2.24, 2.45) is 0 Å². The Morgan fingerprint density at radius 2 is 1.82 bits per heavy atom. The van der Waals surface area contributed by atoms with Crippen molar-refractivity contribution in [1.29, 1.82) is 0 Å². The first-order valence-electron chi connectivity index (χ1n) is 5.88. The van der Waals surface area contributed by atoms with Crippen LogP contribution in [-0.2, 0) is 9.59 Å². The number of amides is 1. The number of benzene rings is 1. The van der Waals surface area contributed by atoms with E-state index in [0.717, 1.165) is 12.0 Å². The third-order valence-corrected chi connectivity index (χ3v) is 2.63. The summed E-state index contributed by atoms with van der Waals surface area (Å²) in [6, 6.07) is 8.06. The molecule has 0 saturated carbocycles. The van der Waals surface area contributed by atoms with E-state index in [4.69, 9.17) is 0 Å². The van der Waals surface area contributed by atoms with Crippen molar-refractivity contribution in [3.8, 4) is 0 Å². The van der Waals surface area contributed by atoms with Gasteiger partial charge in [-0.25, -0.2) is 0 Å². The first-order valence-corrected chi connectivity index (χ1v) is 5.88. The molecule has 1 aromatic carbocycles. The number of hydrogen-bond acceptors (Lipinski definition) is 2. The van der Waals surface area contributed by atoms with Crippen molar-refractivity contribution in [3.05, 3.63) is 35.4 Å². The average molecular weight is 233 g/mol. The van der Waals surface area contributed by atoms with Crippen LogP contribution < -0.4 is 5.32 Å². The van der Waals surface area contributed by atoms with Gasteiger partial charge >= 0.3 is 0 Å². The van der Waals surface area contributed by atoms with Gasteiger partial charge in [0.15, 0.2) is 0 Å². The lowest BCUT2D eigenvalue weighted by molar-refractivity contribution is -0.127. The minimum Gasteiger partial charge on any atom is -0.349 e. The molecule has 0 saturated heterocycles. The molecule has 0 radical (unpaired) electrons. The Hall–Kier alpha value is -1.64. The lowest BCUT2D eigenvalue weighted by Crippen LogP contribution is -2.29. The zero-order valence-electron chi connectivity index (χ0n) is 10.6. The van der Waals surface area contributed by atoms with Gasteiger partial charge in [-0.15, -0.1) is 0 Å². The molecule has 1 unspecified atom stereocenters. The number of carbonyl (C=O) groups is 2. The van der Waals surface area contributed by atoms with Crippen molar-refractivity contribution in [2.45, 2.75) is 39.7 Å². The smallest absolute Gasteiger partial charge is 0.227 e. The minimum absolute atomic E-state index is 0.0116. The van der Waals surface area contributed by atoms with Crippen molar-refractivity contribution >= 4 is 11.7 Å². The molecule has 0 heterocycles. The summed E-state index contributed by atoms with van der Waals surface area (Å²) in [7, 11) is 0. The minimum atomic E-state index is -0.204. The van der Waals surface area contributed by atoms with E-state index in [1.807, 2.05) is 38.1 Å². The SMILES string of the molecule is CCC(NC(=O)CC(C)=O)c1ccc(C)cc1. The molecule has 0 aliphatic heterocycles. The summed E-state index contributed by atoms with van der Waals surface area (Å²) in [4.78, 5) is 22.4. The zero-order valence-corrected chi connectivity index (χ0v) is 10.6. The molecule has 3 nitrogen and oxygen atoms in total. The maximum Gasteiger partial charge on any atom is 0.227 e. The van der Waals surface area contributed by atoms with Gasteiger partial charge in [0.2, 0.25) is 5.91 Å². The first-order chi connectivity index (χ1) is 8.02. The van der Waals surface area contributed by atoms with Crippen LogP contribution in [0.4, 0.5) is 0 Å². The molecule has 1 atom stereocenters. The Balaban J connectivity index is 2.68. The molecule has 1 rings (SSSR count). The molecule has 0 aromatic heterocycles. The van der Waals surface area contributed by atoms with E-state index in [-0.39, 0.29) is 24.2 Å². The van der Waals surface area contributed by atoms with Crippen LogP contribution in [0.5, 0.6) is 0 Å². The maximum absolute atomic E-state index is 11.5. The first kappa shape index (κ1) is 13.4. The van der Waals surface area contributed by atoms with Gasteiger partial charge in [-0.3, -0.25) is 9.59 Å². The molecular weight excluding hydrogens is 214 g/mol. The zero-order chi connectivity index (χ0) is 12.8. The standard InChI is InChI=1S/C14H19NO2/c1-4-13(15-14(17)9-11(3)16)12-7-5-10(2)6-8-12/h5-8,13H,4,9H2,1-3H3,(H,15,17). The highest BCUT2D eigenvalue weighted by molar-refractivity contribution is 5.96. The van der Waals surface area contributed by atoms with E-state index in [2.05, 4.69) is 5.32 Å². The second kappa shape index (κ2) is 6.18. The average Bonchev–Trinajstić information content (AvgIpc) is 2.26. The molecule has 1 aromatic rings. The molecule has 0 fully saturated rings. The maximum atomic E-state index is 11.5. The number of ketones is 1. The molecule has 0 bridgehead atoms. The summed E-state index contributed by atoms with van der Waals surface area (Å²) in [6.45, 7) is 5.46. The second-order valence-corrected chi connectivity index (χ2v) is 4.32. The summed E-state index contributed by atoms with van der Waals surface area (Å²) in [5.74, 6) is -0.314. The second-order valence-electron chi connectivity index (χ2n) is 4.32. The fraction of sp³-hybridized carbons (Fsp3) is 0.429. The van der Waals surface area contributed by atoms with E-state index < -0.39 is 0 Å². The largest absolute Gasteiger partial charge is 0.349 e. The fourth-order valence-corrected chi connectivity index (χ4v) is 1.69. The highest BCUT2D eigenvalue weighted by Crippen LogP contribution is 2.17. The number of carbonyl (C=O) groups excluding carboxylic acids is 2. The molecule has 0 spiro atoms. The molecule has 92 valence electrons. The van der Waals surface area contributed by atoms with Gasteiger partial charge < -0.3 is 5.32 Å². The summed E-state index contributed by atoms with van der Waals surface area (Å²) >= 11 is 0. The predicted octanol–water partition coefficient (Wildman–Crippen LogP) is 2.54. The van der Waals surface area contributed by atoms with Crippen LogP contribution in [0.25, 0.3) is 0 Å². The van der Waals surface area contributed by atoms with Crippen LogP contribution in [0.15, 0.2) is 24.3 Å². The summed E-state index contributed by atoms with van der Waals surface area (Å²) in [5.41, 5.74) is 2.27. The number of Topliss-reactive ketones (excluding diaryl/α,β-unsaturated/α-hetero) is 1. The van der Waals surface area contributed by atoms with Gasteiger partial charge in [0.1, 0.15) is 5.78 Å². The van der Waals surface area contributed by atoms with Crippen molar-refractivity contribution in [2.75, 3.05) is 0 Å². The Bertz CT molecular complexity index is 395. The Labute approximate surface area is 102 Å². The number of nitrogens with one attached hydrogen (secondary N) is 1. The molecule has 3 heteroatoms. The summed E-state index contributed by atoms with van der Waals surface area (Å²) in [5, 5.41) is 2.87. The van der Waals surface area contributed by atoms with E-state index >= 15 is 0 Å². The van der Waals surface area contributed by atoms with Crippen LogP contribution in [-0.4, -0.2) is 11.7 Å². The molecule has 1 N–H and O–H groups in total. The topological polar surface area (TPSA) is 46.2 Å². The van der Waals surface area contributed by atoms with E-state index in [1.54, 1.807) is 0 Å². The quantitative estimate of drug-likeness (QED) is 0.794. The molecule has 17 heavy (non-hydrogen) atoms. The highest BCUT2D eigenvalue weighted by Gasteiger charge is 2.13. The summed E-state index contributed by atoms with van der Waals surface area (Å²) < 4.78 is 0. The third kappa shape index (κ3) is 4.39. The number of aryl methyl sites for hydroxylation is 1. The van der Waals surface area contributed by atoms with Crippen LogP contribution >= 0.6 is 0 Å². The van der Waals surface area contributed by atoms with E-state index in [0.29, 0.717) is 0 Å². The van der Waals surface area contributed by atoms with Gasteiger partial charge in [-0.05, 0) is 25.8 Å². The van der Waals surface area contributed by atoms with Crippen LogP contribution in [0.1, 0.15) is 43.9 Å². The molecule has 0 aliphatic rings. The normalized spacial score (nSPS) is 11.9. The van der Waals surface area contributed by atoms with Gasteiger partial charge in [0.05, 0.1) is 12.5 Å². The van der Waals surface area contributed by atoms with E-state index in [1.165, 1.54) is 12.5 Å². The van der Waals surface area contributed by atoms with Crippen LogP contribution in [0, 0.1) is 6.92 Å². The van der Waals surface area contributed by atoms with E-state index in [9.17, 15) is 9.59 Å². The third-order valence-electron chi connectivity index (χ3n) is 2.63. The number of hydrogen-bond donors (Lipinski definition) is 1. The van der Waals surface area contributed by atoms with Gasteiger partial charge in [-0.1, -0.05) is 36.8 Å². The van der Waals surface area contributed by atoms with Crippen molar-refractivity contribution < 1.29 is 9.59 Å². The monoisotopic (exact) mass is 233 g/mol. The molecular formula is C14H19NO2. The Morgan fingerprint density at radius 1 is 1.24 bits per heavy atom. The van der Waals surface area contributed by atoms with Crippen molar-refractivity contribution in [3.63, 3.8) is 0 Å². The summed E-state index contributed by atoms with van der Waals surface area (Å²) in [6.07, 6.45) is 0.773. The molecule has 0 aliphatic carbocycles. The predicted molar refractivity (Wildman–Crippen MR) is 67.7 cm³/mol. The van der Waals surface area contributed by atoms with Gasteiger partial charge in [0, 0.05) is 0 Å². The van der Waals surface area contributed by atoms with Crippen LogP contribution in [0.2, 0.25) is 0 Å². The van der Waals surface area contributed by atoms with Crippen LogP contribution in [0.3, 0.4) is 0 Å². The highest BCUT2D eigenvalue weighted by atomic mass is 16.2. The molecule has 1 amide bonds. The lowest BCUT2D eigenvalue weighted by Gasteiger charge is -2.17. The Morgan fingerprint density at radius 3 is 2.29 bits per heavy atom. The van der Waals surface area contributed by atoms with Gasteiger partial charge in [0.25, 0.3) is 0 Å². The Kier molecular flexibility index (Phi) is 4.88. The lowest BCUT2D eigenvalue weighted by atomic mass is 10.0. The van der Waals surface area contributed by atoms with Gasteiger partial charge in [-0.2, -0.15) is 0 Å². The number of rotatable bonds is 5.